The Morgan fingerprint density at radius 2 is 1.07 bits per heavy atom. The van der Waals surface area contributed by atoms with Crippen LogP contribution >= 0.6 is 0 Å². The maximum absolute atomic E-state index is 9.64. The number of aryl methyl sites for hydroxylation is 2. The van der Waals surface area contributed by atoms with Crippen molar-refractivity contribution < 1.29 is 19.8 Å². The van der Waals surface area contributed by atoms with E-state index >= 15 is 0 Å². The second-order valence-corrected chi connectivity index (χ2v) is 6.36. The van der Waals surface area contributed by atoms with Crippen molar-refractivity contribution in [2.45, 2.75) is 33.1 Å². The van der Waals surface area contributed by atoms with Crippen LogP contribution in [0.2, 0.25) is 0 Å². The molecule has 3 aromatic carbocycles. The summed E-state index contributed by atoms with van der Waals surface area (Å²) in [5, 5.41) is 15.8. The number of carboxylic acid groups (broad SMARTS) is 2. The van der Waals surface area contributed by atoms with Crippen molar-refractivity contribution in [3.63, 3.8) is 0 Å². The Morgan fingerprint density at radius 3 is 1.41 bits per heavy atom. The van der Waals surface area contributed by atoms with Crippen LogP contribution in [0.1, 0.15) is 30.9 Å². The normalized spacial score (nSPS) is 9.31. The predicted molar refractivity (Wildman–Crippen MR) is 117 cm³/mol. The summed E-state index contributed by atoms with van der Waals surface area (Å²) in [5.74, 6) is -2.15. The van der Waals surface area contributed by atoms with Crippen LogP contribution in [0.3, 0.4) is 0 Å². The third kappa shape index (κ3) is 11.1. The van der Waals surface area contributed by atoms with Gasteiger partial charge >= 0.3 is 11.9 Å². The Morgan fingerprint density at radius 1 is 0.655 bits per heavy atom. The van der Waals surface area contributed by atoms with Crippen LogP contribution < -0.4 is 0 Å². The van der Waals surface area contributed by atoms with Gasteiger partial charge in [-0.3, -0.25) is 9.59 Å². The lowest BCUT2D eigenvalue weighted by Gasteiger charge is -2.02. The summed E-state index contributed by atoms with van der Waals surface area (Å²) >= 11 is 0. The average Bonchev–Trinajstić information content (AvgIpc) is 2.74. The molecule has 0 spiro atoms. The van der Waals surface area contributed by atoms with E-state index in [4.69, 9.17) is 10.2 Å². The Hall–Kier alpha value is -3.40. The SMILES string of the molecule is CCc1ccc(-c2ccccc2)cc1.Cc1ccccc1.O=C(O)CCC(=O)O. The minimum absolute atomic E-state index is 0.296. The van der Waals surface area contributed by atoms with Gasteiger partial charge in [0.2, 0.25) is 0 Å². The van der Waals surface area contributed by atoms with Gasteiger partial charge in [0.05, 0.1) is 12.8 Å². The summed E-state index contributed by atoms with van der Waals surface area (Å²) in [6.45, 7) is 4.26. The van der Waals surface area contributed by atoms with Gasteiger partial charge in [-0.2, -0.15) is 0 Å². The molecule has 152 valence electrons. The van der Waals surface area contributed by atoms with Gasteiger partial charge in [0.25, 0.3) is 0 Å². The number of hydrogen-bond donors (Lipinski definition) is 2. The molecular formula is C25H28O4. The number of hydrogen-bond acceptors (Lipinski definition) is 2. The molecule has 0 aliphatic carbocycles. The van der Waals surface area contributed by atoms with E-state index in [2.05, 4.69) is 74.5 Å². The molecule has 0 fully saturated rings. The Balaban J connectivity index is 0.000000239. The second-order valence-electron chi connectivity index (χ2n) is 6.36. The highest BCUT2D eigenvalue weighted by Gasteiger charge is 2.00. The van der Waals surface area contributed by atoms with Crippen molar-refractivity contribution in [3.8, 4) is 11.1 Å². The van der Waals surface area contributed by atoms with Crippen LogP contribution in [0, 0.1) is 6.92 Å². The fourth-order valence-electron chi connectivity index (χ4n) is 2.31. The average molecular weight is 392 g/mol. The zero-order valence-electron chi connectivity index (χ0n) is 16.9. The minimum atomic E-state index is -1.08. The topological polar surface area (TPSA) is 74.6 Å². The van der Waals surface area contributed by atoms with Crippen LogP contribution in [0.5, 0.6) is 0 Å². The molecule has 0 aliphatic heterocycles. The number of rotatable bonds is 5. The van der Waals surface area contributed by atoms with E-state index in [9.17, 15) is 9.59 Å². The van der Waals surface area contributed by atoms with Gasteiger partial charge in [-0.25, -0.2) is 0 Å². The summed E-state index contributed by atoms with van der Waals surface area (Å²) in [7, 11) is 0. The number of carbonyl (C=O) groups is 2. The molecule has 0 radical (unpaired) electrons. The third-order valence-electron chi connectivity index (χ3n) is 3.96. The quantitative estimate of drug-likeness (QED) is 0.571. The van der Waals surface area contributed by atoms with E-state index in [1.54, 1.807) is 0 Å². The molecule has 0 saturated carbocycles. The highest BCUT2D eigenvalue weighted by atomic mass is 16.4. The molecule has 0 atom stereocenters. The van der Waals surface area contributed by atoms with Crippen molar-refractivity contribution in [2.24, 2.45) is 0 Å². The number of benzene rings is 3. The predicted octanol–water partition coefficient (Wildman–Crippen LogP) is 5.85. The van der Waals surface area contributed by atoms with Crippen molar-refractivity contribution in [1.29, 1.82) is 0 Å². The Kier molecular flexibility index (Phi) is 11.2. The molecule has 0 unspecified atom stereocenters. The summed E-state index contributed by atoms with van der Waals surface area (Å²) < 4.78 is 0. The fraction of sp³-hybridized carbons (Fsp3) is 0.200. The first-order valence-electron chi connectivity index (χ1n) is 9.52. The summed E-state index contributed by atoms with van der Waals surface area (Å²) in [4.78, 5) is 19.3. The zero-order valence-corrected chi connectivity index (χ0v) is 16.9. The monoisotopic (exact) mass is 392 g/mol. The zero-order chi connectivity index (χ0) is 21.5. The van der Waals surface area contributed by atoms with E-state index in [-0.39, 0.29) is 12.8 Å². The first-order valence-corrected chi connectivity index (χ1v) is 9.52. The summed E-state index contributed by atoms with van der Waals surface area (Å²) in [6.07, 6.45) is 0.514. The van der Waals surface area contributed by atoms with Gasteiger partial charge in [-0.05, 0) is 30.0 Å². The highest BCUT2D eigenvalue weighted by molar-refractivity contribution is 5.75. The largest absolute Gasteiger partial charge is 0.481 e. The van der Waals surface area contributed by atoms with Gasteiger partial charge in [-0.1, -0.05) is 97.4 Å². The summed E-state index contributed by atoms with van der Waals surface area (Å²) in [6, 6.07) is 29.5. The number of aliphatic carboxylic acids is 2. The maximum atomic E-state index is 9.64. The molecule has 0 aromatic heterocycles. The van der Waals surface area contributed by atoms with E-state index in [1.807, 2.05) is 24.3 Å². The van der Waals surface area contributed by atoms with Crippen molar-refractivity contribution in [3.05, 3.63) is 96.1 Å². The van der Waals surface area contributed by atoms with E-state index < -0.39 is 11.9 Å². The molecule has 0 aliphatic rings. The van der Waals surface area contributed by atoms with Gasteiger partial charge in [0.15, 0.2) is 0 Å². The lowest BCUT2D eigenvalue weighted by Crippen LogP contribution is -2.00. The molecular weight excluding hydrogens is 364 g/mol. The molecule has 3 aromatic rings. The second kappa shape index (κ2) is 13.7. The van der Waals surface area contributed by atoms with Crippen LogP contribution in [0.25, 0.3) is 11.1 Å². The lowest BCUT2D eigenvalue weighted by molar-refractivity contribution is -0.143. The molecule has 0 heterocycles. The Bertz CT molecular complexity index is 827. The van der Waals surface area contributed by atoms with Crippen LogP contribution in [-0.4, -0.2) is 22.2 Å². The van der Waals surface area contributed by atoms with Crippen LogP contribution in [-0.2, 0) is 16.0 Å². The van der Waals surface area contributed by atoms with Gasteiger partial charge in [-0.15, -0.1) is 0 Å². The third-order valence-corrected chi connectivity index (χ3v) is 3.96. The van der Waals surface area contributed by atoms with Crippen molar-refractivity contribution >= 4 is 11.9 Å². The van der Waals surface area contributed by atoms with Gasteiger partial charge in [0, 0.05) is 0 Å². The Labute approximate surface area is 172 Å². The molecule has 3 rings (SSSR count). The van der Waals surface area contributed by atoms with Crippen LogP contribution in [0.15, 0.2) is 84.9 Å². The van der Waals surface area contributed by atoms with Gasteiger partial charge in [0.1, 0.15) is 0 Å². The first kappa shape index (κ1) is 23.6. The molecule has 29 heavy (non-hydrogen) atoms. The van der Waals surface area contributed by atoms with E-state index in [0.717, 1.165) is 6.42 Å². The van der Waals surface area contributed by atoms with E-state index in [1.165, 1.54) is 22.3 Å². The summed E-state index contributed by atoms with van der Waals surface area (Å²) in [5.41, 5.74) is 5.30. The smallest absolute Gasteiger partial charge is 0.303 e. The molecule has 4 nitrogen and oxygen atoms in total. The molecule has 4 heteroatoms. The molecule has 0 amide bonds. The number of carboxylic acids is 2. The standard InChI is InChI=1S/C14H14.C7H8.C4H6O4/c1-2-12-8-10-14(11-9-12)13-6-4-3-5-7-13;1-7-5-3-2-4-6-7;5-3(6)1-2-4(7)8/h3-11H,2H2,1H3;2-6H,1H3;1-2H2,(H,5,6)(H,7,8). The van der Waals surface area contributed by atoms with Gasteiger partial charge < -0.3 is 10.2 Å². The molecule has 0 saturated heterocycles. The first-order chi connectivity index (χ1) is 13.9. The fourth-order valence-corrected chi connectivity index (χ4v) is 2.31. The highest BCUT2D eigenvalue weighted by Crippen LogP contribution is 2.19. The maximum Gasteiger partial charge on any atom is 0.303 e. The molecule has 2 N–H and O–H groups in total. The van der Waals surface area contributed by atoms with E-state index in [0.29, 0.717) is 0 Å². The van der Waals surface area contributed by atoms with Crippen molar-refractivity contribution in [2.75, 3.05) is 0 Å². The van der Waals surface area contributed by atoms with Crippen LogP contribution in [0.4, 0.5) is 0 Å². The van der Waals surface area contributed by atoms with Crippen molar-refractivity contribution in [1.82, 2.24) is 0 Å². The molecule has 0 bridgehead atoms. The minimum Gasteiger partial charge on any atom is -0.481 e. The lowest BCUT2D eigenvalue weighted by atomic mass is 10.0.